The molecule has 5 heteroatoms. The number of rotatable bonds is 3. The van der Waals surface area contributed by atoms with Crippen LogP contribution < -0.4 is 5.32 Å². The SMILES string of the molecule is CC1CCC(C)(NC(=O)[C@@H]2CC[C@H](C(=O)O)O2)CC1. The second-order valence-corrected chi connectivity index (χ2v) is 6.26. The topological polar surface area (TPSA) is 75.6 Å². The van der Waals surface area contributed by atoms with E-state index in [0.29, 0.717) is 12.8 Å². The van der Waals surface area contributed by atoms with Crippen molar-refractivity contribution in [3.8, 4) is 0 Å². The average molecular weight is 269 g/mol. The van der Waals surface area contributed by atoms with Gasteiger partial charge in [0.2, 0.25) is 5.91 Å². The summed E-state index contributed by atoms with van der Waals surface area (Å²) in [5.41, 5.74) is -0.158. The van der Waals surface area contributed by atoms with E-state index < -0.39 is 18.2 Å². The predicted molar refractivity (Wildman–Crippen MR) is 69.7 cm³/mol. The van der Waals surface area contributed by atoms with Gasteiger partial charge in [0.05, 0.1) is 0 Å². The Hall–Kier alpha value is -1.10. The Morgan fingerprint density at radius 3 is 2.26 bits per heavy atom. The monoisotopic (exact) mass is 269 g/mol. The molecule has 2 rings (SSSR count). The third-order valence-corrected chi connectivity index (χ3v) is 4.39. The van der Waals surface area contributed by atoms with E-state index in [1.807, 2.05) is 0 Å². The van der Waals surface area contributed by atoms with Crippen molar-refractivity contribution in [3.63, 3.8) is 0 Å². The van der Waals surface area contributed by atoms with E-state index in [2.05, 4.69) is 19.2 Å². The average Bonchev–Trinajstić information content (AvgIpc) is 2.83. The molecule has 0 bridgehead atoms. The van der Waals surface area contributed by atoms with E-state index in [-0.39, 0.29) is 11.4 Å². The van der Waals surface area contributed by atoms with Gasteiger partial charge in [0.25, 0.3) is 0 Å². The first kappa shape index (κ1) is 14.3. The lowest BCUT2D eigenvalue weighted by Crippen LogP contribution is -2.51. The summed E-state index contributed by atoms with van der Waals surface area (Å²) in [6, 6.07) is 0. The number of carbonyl (C=O) groups is 2. The molecule has 0 unspecified atom stereocenters. The lowest BCUT2D eigenvalue weighted by atomic mass is 9.78. The minimum Gasteiger partial charge on any atom is -0.479 e. The number of hydrogen-bond donors (Lipinski definition) is 2. The molecule has 0 radical (unpaired) electrons. The molecular weight excluding hydrogens is 246 g/mol. The van der Waals surface area contributed by atoms with Crippen molar-refractivity contribution in [1.29, 1.82) is 0 Å². The molecule has 1 heterocycles. The van der Waals surface area contributed by atoms with E-state index in [9.17, 15) is 9.59 Å². The molecule has 1 saturated carbocycles. The van der Waals surface area contributed by atoms with Crippen molar-refractivity contribution < 1.29 is 19.4 Å². The zero-order chi connectivity index (χ0) is 14.0. The van der Waals surface area contributed by atoms with Crippen molar-refractivity contribution >= 4 is 11.9 Å². The second-order valence-electron chi connectivity index (χ2n) is 6.26. The van der Waals surface area contributed by atoms with Crippen molar-refractivity contribution in [2.75, 3.05) is 0 Å². The van der Waals surface area contributed by atoms with Crippen molar-refractivity contribution in [2.24, 2.45) is 5.92 Å². The maximum atomic E-state index is 12.1. The minimum absolute atomic E-state index is 0.152. The summed E-state index contributed by atoms with van der Waals surface area (Å²) in [5.74, 6) is -0.405. The van der Waals surface area contributed by atoms with E-state index in [0.717, 1.165) is 31.6 Å². The van der Waals surface area contributed by atoms with E-state index in [1.165, 1.54) is 0 Å². The summed E-state index contributed by atoms with van der Waals surface area (Å²) in [6.45, 7) is 4.30. The molecule has 2 fully saturated rings. The highest BCUT2D eigenvalue weighted by molar-refractivity contribution is 5.83. The maximum absolute atomic E-state index is 12.1. The molecule has 5 nitrogen and oxygen atoms in total. The molecule has 1 amide bonds. The van der Waals surface area contributed by atoms with Gasteiger partial charge in [-0.05, 0) is 51.4 Å². The Morgan fingerprint density at radius 2 is 1.74 bits per heavy atom. The van der Waals surface area contributed by atoms with Crippen LogP contribution >= 0.6 is 0 Å². The Balaban J connectivity index is 1.86. The number of amides is 1. The summed E-state index contributed by atoms with van der Waals surface area (Å²) in [6.07, 6.45) is 3.70. The quantitative estimate of drug-likeness (QED) is 0.817. The molecule has 2 atom stereocenters. The van der Waals surface area contributed by atoms with Gasteiger partial charge in [0.15, 0.2) is 6.10 Å². The maximum Gasteiger partial charge on any atom is 0.332 e. The number of nitrogens with one attached hydrogen (secondary N) is 1. The highest BCUT2D eigenvalue weighted by Gasteiger charge is 2.38. The van der Waals surface area contributed by atoms with Crippen LogP contribution in [-0.4, -0.2) is 34.7 Å². The van der Waals surface area contributed by atoms with Gasteiger partial charge in [-0.15, -0.1) is 0 Å². The van der Waals surface area contributed by atoms with Crippen molar-refractivity contribution in [1.82, 2.24) is 5.32 Å². The number of carboxylic acid groups (broad SMARTS) is 1. The standard InChI is InChI=1S/C14H23NO4/c1-9-5-7-14(2,8-6-9)15-12(16)10-3-4-11(19-10)13(17)18/h9-11H,3-8H2,1-2H3,(H,15,16)(H,17,18)/t9?,10-,11+,14?/m0/s1. The first-order valence-electron chi connectivity index (χ1n) is 7.10. The summed E-state index contributed by atoms with van der Waals surface area (Å²) in [4.78, 5) is 22.9. The summed E-state index contributed by atoms with van der Waals surface area (Å²) in [7, 11) is 0. The van der Waals surface area contributed by atoms with E-state index in [4.69, 9.17) is 9.84 Å². The largest absolute Gasteiger partial charge is 0.479 e. The fraction of sp³-hybridized carbons (Fsp3) is 0.857. The Morgan fingerprint density at radius 1 is 1.16 bits per heavy atom. The number of ether oxygens (including phenoxy) is 1. The third-order valence-electron chi connectivity index (χ3n) is 4.39. The Bertz CT molecular complexity index is 360. The van der Waals surface area contributed by atoms with Crippen LogP contribution in [0.2, 0.25) is 0 Å². The Kier molecular flexibility index (Phi) is 4.13. The van der Waals surface area contributed by atoms with Gasteiger partial charge in [-0.25, -0.2) is 4.79 Å². The molecule has 0 aromatic carbocycles. The first-order chi connectivity index (χ1) is 8.89. The number of carbonyl (C=O) groups excluding carboxylic acids is 1. The highest BCUT2D eigenvalue weighted by Crippen LogP contribution is 2.32. The van der Waals surface area contributed by atoms with Gasteiger partial charge < -0.3 is 15.2 Å². The molecule has 0 spiro atoms. The van der Waals surface area contributed by atoms with Crippen LogP contribution in [0.4, 0.5) is 0 Å². The normalized spacial score (nSPS) is 38.9. The minimum atomic E-state index is -0.979. The van der Waals surface area contributed by atoms with Gasteiger partial charge >= 0.3 is 5.97 Å². The van der Waals surface area contributed by atoms with Crippen LogP contribution in [0.3, 0.4) is 0 Å². The summed E-state index contributed by atoms with van der Waals surface area (Å²) >= 11 is 0. The molecule has 2 N–H and O–H groups in total. The smallest absolute Gasteiger partial charge is 0.332 e. The van der Waals surface area contributed by atoms with Crippen LogP contribution in [0, 0.1) is 5.92 Å². The van der Waals surface area contributed by atoms with Gasteiger partial charge in [0.1, 0.15) is 6.10 Å². The molecule has 1 aliphatic heterocycles. The zero-order valence-corrected chi connectivity index (χ0v) is 11.6. The molecule has 19 heavy (non-hydrogen) atoms. The lowest BCUT2D eigenvalue weighted by Gasteiger charge is -2.37. The molecule has 1 aliphatic carbocycles. The fourth-order valence-corrected chi connectivity index (χ4v) is 2.91. The highest BCUT2D eigenvalue weighted by atomic mass is 16.5. The molecule has 108 valence electrons. The van der Waals surface area contributed by atoms with Gasteiger partial charge in [-0.2, -0.15) is 0 Å². The second kappa shape index (κ2) is 5.49. The third kappa shape index (κ3) is 3.47. The van der Waals surface area contributed by atoms with E-state index >= 15 is 0 Å². The van der Waals surface area contributed by atoms with Crippen LogP contribution in [-0.2, 0) is 14.3 Å². The number of hydrogen-bond acceptors (Lipinski definition) is 3. The van der Waals surface area contributed by atoms with Crippen LogP contribution in [0.5, 0.6) is 0 Å². The van der Waals surface area contributed by atoms with Crippen molar-refractivity contribution in [2.45, 2.75) is 70.1 Å². The molecule has 0 aromatic rings. The first-order valence-corrected chi connectivity index (χ1v) is 7.10. The van der Waals surface area contributed by atoms with E-state index in [1.54, 1.807) is 0 Å². The molecular formula is C14H23NO4. The molecule has 0 aromatic heterocycles. The van der Waals surface area contributed by atoms with Crippen LogP contribution in [0.25, 0.3) is 0 Å². The molecule has 1 saturated heterocycles. The number of aliphatic carboxylic acids is 1. The van der Waals surface area contributed by atoms with Gasteiger partial charge in [0, 0.05) is 5.54 Å². The van der Waals surface area contributed by atoms with Crippen LogP contribution in [0.15, 0.2) is 0 Å². The molecule has 2 aliphatic rings. The summed E-state index contributed by atoms with van der Waals surface area (Å²) in [5, 5.41) is 11.9. The number of carboxylic acids is 1. The van der Waals surface area contributed by atoms with Crippen LogP contribution in [0.1, 0.15) is 52.4 Å². The Labute approximate surface area is 113 Å². The fourth-order valence-electron chi connectivity index (χ4n) is 2.91. The van der Waals surface area contributed by atoms with Gasteiger partial charge in [-0.1, -0.05) is 6.92 Å². The van der Waals surface area contributed by atoms with Gasteiger partial charge in [-0.3, -0.25) is 4.79 Å². The van der Waals surface area contributed by atoms with Crippen molar-refractivity contribution in [3.05, 3.63) is 0 Å². The summed E-state index contributed by atoms with van der Waals surface area (Å²) < 4.78 is 5.28. The lowest BCUT2D eigenvalue weighted by molar-refractivity contribution is -0.152. The zero-order valence-electron chi connectivity index (χ0n) is 11.6. The predicted octanol–water partition coefficient (Wildman–Crippen LogP) is 1.70.